The topological polar surface area (TPSA) is 49.5 Å². The first-order valence-corrected chi connectivity index (χ1v) is 6.90. The Morgan fingerprint density at radius 1 is 1.41 bits per heavy atom. The van der Waals surface area contributed by atoms with Crippen LogP contribution in [0.5, 0.6) is 0 Å². The molecule has 2 unspecified atom stereocenters. The van der Waals surface area contributed by atoms with Crippen LogP contribution in [0.25, 0.3) is 0 Å². The maximum atomic E-state index is 5.76. The highest BCUT2D eigenvalue weighted by atomic mass is 28.2. The molecular weight excluding hydrogens is 240 g/mol. The van der Waals surface area contributed by atoms with E-state index in [1.807, 2.05) is 0 Å². The molecule has 0 aromatic heterocycles. The summed E-state index contributed by atoms with van der Waals surface area (Å²) in [6, 6.07) is 0. The summed E-state index contributed by atoms with van der Waals surface area (Å²) in [6.07, 6.45) is 3.02. The molecule has 0 saturated carbocycles. The van der Waals surface area contributed by atoms with Gasteiger partial charge in [-0.05, 0) is 12.8 Å². The molecule has 2 atom stereocenters. The van der Waals surface area contributed by atoms with Crippen molar-refractivity contribution in [1.82, 2.24) is 0 Å². The standard InChI is InChI=1S/C11H24O5Si/c1-4-9(14-7-10-8-15-10)5-6-11(12-2,13-3)16-17/h9-10H,4-8H2,1-3,17H3. The molecule has 1 saturated heterocycles. The third-order valence-corrected chi connectivity index (χ3v) is 3.70. The van der Waals surface area contributed by atoms with E-state index >= 15 is 0 Å². The van der Waals surface area contributed by atoms with Crippen molar-refractivity contribution in [1.29, 1.82) is 0 Å². The average Bonchev–Trinajstić information content (AvgIpc) is 3.19. The molecule has 0 radical (unpaired) electrons. The van der Waals surface area contributed by atoms with Gasteiger partial charge >= 0.3 is 0 Å². The predicted molar refractivity (Wildman–Crippen MR) is 66.8 cm³/mol. The maximum absolute atomic E-state index is 5.76. The Hall–Kier alpha value is 0.0169. The zero-order valence-electron chi connectivity index (χ0n) is 11.2. The predicted octanol–water partition coefficient (Wildman–Crippen LogP) is 0.204. The van der Waals surface area contributed by atoms with E-state index in [-0.39, 0.29) is 6.10 Å². The fourth-order valence-corrected chi connectivity index (χ4v) is 2.24. The van der Waals surface area contributed by atoms with Gasteiger partial charge in [-0.15, -0.1) is 0 Å². The summed E-state index contributed by atoms with van der Waals surface area (Å²) in [7, 11) is 3.77. The molecule has 0 spiro atoms. The molecule has 0 bridgehead atoms. The van der Waals surface area contributed by atoms with Gasteiger partial charge in [-0.3, -0.25) is 0 Å². The summed E-state index contributed by atoms with van der Waals surface area (Å²) in [5.41, 5.74) is 0. The SMILES string of the molecule is CCC(CCC(OC)(OC)O[SiH3])OCC1CO1. The molecule has 0 amide bonds. The lowest BCUT2D eigenvalue weighted by Gasteiger charge is -2.30. The van der Waals surface area contributed by atoms with Gasteiger partial charge in [0, 0.05) is 20.6 Å². The van der Waals surface area contributed by atoms with E-state index in [2.05, 4.69) is 6.92 Å². The van der Waals surface area contributed by atoms with Gasteiger partial charge in [0.05, 0.1) is 19.3 Å². The summed E-state index contributed by atoms with van der Waals surface area (Å²) in [4.78, 5) is 0. The molecule has 1 rings (SSSR count). The number of rotatable bonds is 10. The van der Waals surface area contributed by atoms with E-state index in [1.165, 1.54) is 0 Å². The lowest BCUT2D eigenvalue weighted by Crippen LogP contribution is -2.37. The molecule has 1 heterocycles. The minimum Gasteiger partial charge on any atom is -0.380 e. The van der Waals surface area contributed by atoms with Crippen molar-refractivity contribution in [2.24, 2.45) is 0 Å². The molecule has 5 nitrogen and oxygen atoms in total. The van der Waals surface area contributed by atoms with Gasteiger partial charge in [0.15, 0.2) is 10.5 Å². The normalized spacial score (nSPS) is 21.7. The summed E-state index contributed by atoms with van der Waals surface area (Å²) in [6.45, 7) is 3.63. The fourth-order valence-electron chi connectivity index (χ4n) is 1.71. The van der Waals surface area contributed by atoms with E-state index in [0.29, 0.717) is 29.6 Å². The van der Waals surface area contributed by atoms with Crippen LogP contribution in [0.1, 0.15) is 26.2 Å². The molecule has 102 valence electrons. The molecule has 0 N–H and O–H groups in total. The fraction of sp³-hybridized carbons (Fsp3) is 1.00. The zero-order valence-corrected chi connectivity index (χ0v) is 13.2. The number of methoxy groups -OCH3 is 2. The molecular formula is C11H24O5Si. The summed E-state index contributed by atoms with van der Waals surface area (Å²) in [5, 5.41) is 0. The van der Waals surface area contributed by atoms with Crippen molar-refractivity contribution in [2.75, 3.05) is 27.4 Å². The Bertz CT molecular complexity index is 198. The largest absolute Gasteiger partial charge is 0.380 e. The zero-order chi connectivity index (χ0) is 12.7. The van der Waals surface area contributed by atoms with Gasteiger partial charge in [-0.1, -0.05) is 6.92 Å². The van der Waals surface area contributed by atoms with Crippen LogP contribution in [0.2, 0.25) is 0 Å². The second-order valence-electron chi connectivity index (χ2n) is 4.15. The van der Waals surface area contributed by atoms with Gasteiger partial charge in [-0.25, -0.2) is 0 Å². The van der Waals surface area contributed by atoms with Crippen molar-refractivity contribution < 1.29 is 23.4 Å². The van der Waals surface area contributed by atoms with E-state index in [0.717, 1.165) is 19.4 Å². The van der Waals surface area contributed by atoms with Gasteiger partial charge in [-0.2, -0.15) is 0 Å². The Morgan fingerprint density at radius 2 is 2.06 bits per heavy atom. The quantitative estimate of drug-likeness (QED) is 0.321. The second-order valence-corrected chi connectivity index (χ2v) is 4.56. The molecule has 1 aliphatic rings. The first-order chi connectivity index (χ1) is 8.19. The van der Waals surface area contributed by atoms with Gasteiger partial charge in [0.2, 0.25) is 0 Å². The second kappa shape index (κ2) is 7.45. The number of ether oxygens (including phenoxy) is 4. The molecule has 1 fully saturated rings. The smallest absolute Gasteiger partial charge is 0.272 e. The minimum atomic E-state index is -0.890. The van der Waals surface area contributed by atoms with Crippen LogP contribution in [0.15, 0.2) is 0 Å². The summed E-state index contributed by atoms with van der Waals surface area (Å²) in [5.74, 6) is -0.890. The molecule has 0 aromatic carbocycles. The number of hydrogen-bond donors (Lipinski definition) is 0. The molecule has 6 heteroatoms. The highest BCUT2D eigenvalue weighted by molar-refractivity contribution is 5.98. The van der Waals surface area contributed by atoms with Crippen LogP contribution in [0.4, 0.5) is 0 Å². The lowest BCUT2D eigenvalue weighted by molar-refractivity contribution is -0.326. The molecule has 0 aromatic rings. The van der Waals surface area contributed by atoms with Crippen LogP contribution >= 0.6 is 0 Å². The van der Waals surface area contributed by atoms with Gasteiger partial charge < -0.3 is 23.4 Å². The molecule has 0 aliphatic carbocycles. The van der Waals surface area contributed by atoms with Crippen molar-refractivity contribution in [2.45, 2.75) is 44.4 Å². The van der Waals surface area contributed by atoms with Crippen LogP contribution in [-0.2, 0) is 23.4 Å². The Balaban J connectivity index is 2.27. The summed E-state index contributed by atoms with van der Waals surface area (Å²) < 4.78 is 26.8. The lowest BCUT2D eigenvalue weighted by atomic mass is 10.1. The van der Waals surface area contributed by atoms with Gasteiger partial charge in [0.25, 0.3) is 5.97 Å². The highest BCUT2D eigenvalue weighted by Gasteiger charge is 2.30. The van der Waals surface area contributed by atoms with E-state index < -0.39 is 5.97 Å². The van der Waals surface area contributed by atoms with Crippen LogP contribution in [0.3, 0.4) is 0 Å². The number of hydrogen-bond acceptors (Lipinski definition) is 5. The maximum Gasteiger partial charge on any atom is 0.272 e. The summed E-state index contributed by atoms with van der Waals surface area (Å²) >= 11 is 0. The minimum absolute atomic E-state index is 0.209. The first kappa shape index (κ1) is 15.1. The van der Waals surface area contributed by atoms with Crippen molar-refractivity contribution in [3.63, 3.8) is 0 Å². The van der Waals surface area contributed by atoms with Crippen molar-refractivity contribution in [3.8, 4) is 0 Å². The monoisotopic (exact) mass is 264 g/mol. The van der Waals surface area contributed by atoms with Crippen LogP contribution in [0, 0.1) is 0 Å². The van der Waals surface area contributed by atoms with Crippen molar-refractivity contribution >= 4 is 10.5 Å². The Labute approximate surface area is 106 Å². The van der Waals surface area contributed by atoms with E-state index in [1.54, 1.807) is 14.2 Å². The number of epoxide rings is 1. The average molecular weight is 264 g/mol. The Kier molecular flexibility index (Phi) is 6.61. The Morgan fingerprint density at radius 3 is 2.47 bits per heavy atom. The highest BCUT2D eigenvalue weighted by Crippen LogP contribution is 2.22. The third kappa shape index (κ3) is 5.03. The molecule has 1 aliphatic heterocycles. The van der Waals surface area contributed by atoms with E-state index in [4.69, 9.17) is 23.4 Å². The van der Waals surface area contributed by atoms with Crippen LogP contribution in [-0.4, -0.2) is 56.1 Å². The third-order valence-electron chi connectivity index (χ3n) is 3.08. The van der Waals surface area contributed by atoms with Crippen molar-refractivity contribution in [3.05, 3.63) is 0 Å². The molecule has 17 heavy (non-hydrogen) atoms. The first-order valence-electron chi connectivity index (χ1n) is 6.08. The van der Waals surface area contributed by atoms with Gasteiger partial charge in [0.1, 0.15) is 6.10 Å². The van der Waals surface area contributed by atoms with Crippen LogP contribution < -0.4 is 0 Å². The van der Waals surface area contributed by atoms with E-state index in [9.17, 15) is 0 Å².